The maximum atomic E-state index is 4.96. The lowest BCUT2D eigenvalue weighted by atomic mass is 10.1. The molecule has 0 fully saturated rings. The number of rotatable bonds is 13. The molecule has 0 atom stereocenters. The van der Waals surface area contributed by atoms with Crippen molar-refractivity contribution >= 4 is 11.5 Å². The summed E-state index contributed by atoms with van der Waals surface area (Å²) in [5.41, 5.74) is 4.87. The number of aliphatic imine (C=N–C) groups is 1. The molecule has 0 bridgehead atoms. The minimum absolute atomic E-state index is 0.802. The maximum absolute atomic E-state index is 4.96. The molecule has 180 valence electrons. The molecule has 0 amide bonds. The molecule has 0 aliphatic heterocycles. The predicted octanol–water partition coefficient (Wildman–Crippen LogP) is 4.72. The minimum Gasteiger partial charge on any atom is -0.388 e. The Labute approximate surface area is 205 Å². The zero-order valence-corrected chi connectivity index (χ0v) is 20.9. The quantitative estimate of drug-likeness (QED) is 0.221. The van der Waals surface area contributed by atoms with Crippen LogP contribution in [0.1, 0.15) is 23.1 Å². The summed E-state index contributed by atoms with van der Waals surface area (Å²) in [4.78, 5) is 9.65. The number of nitrogens with one attached hydrogen (secondary N) is 2. The third-order valence-electron chi connectivity index (χ3n) is 5.70. The summed E-state index contributed by atoms with van der Waals surface area (Å²) in [6, 6.07) is 29.8. The number of amidine groups is 1. The summed E-state index contributed by atoms with van der Waals surface area (Å²) < 4.78 is 0. The Bertz CT molecular complexity index is 944. The smallest absolute Gasteiger partial charge is 0.130 e. The number of anilines is 1. The van der Waals surface area contributed by atoms with E-state index < -0.39 is 0 Å². The van der Waals surface area contributed by atoms with Gasteiger partial charge in [-0.05, 0) is 50.3 Å². The second-order valence-electron chi connectivity index (χ2n) is 8.79. The summed E-state index contributed by atoms with van der Waals surface area (Å²) in [7, 11) is 6.17. The number of para-hydroxylation sites is 1. The molecule has 34 heavy (non-hydrogen) atoms. The molecular weight excluding hydrogens is 418 g/mol. The number of nitrogens with zero attached hydrogens (tertiary/aromatic N) is 3. The summed E-state index contributed by atoms with van der Waals surface area (Å²) in [5.74, 6) is 0.961. The zero-order chi connectivity index (χ0) is 24.0. The van der Waals surface area contributed by atoms with E-state index in [1.807, 2.05) is 7.05 Å². The van der Waals surface area contributed by atoms with Gasteiger partial charge in [-0.15, -0.1) is 0 Å². The van der Waals surface area contributed by atoms with E-state index in [0.29, 0.717) is 0 Å². The van der Waals surface area contributed by atoms with Gasteiger partial charge in [-0.3, -0.25) is 9.89 Å². The minimum atomic E-state index is 0.802. The van der Waals surface area contributed by atoms with Gasteiger partial charge in [0, 0.05) is 51.0 Å². The van der Waals surface area contributed by atoms with E-state index in [2.05, 4.69) is 119 Å². The Balaban J connectivity index is 1.69. The number of benzene rings is 3. The molecule has 3 aromatic carbocycles. The molecule has 0 saturated heterocycles. The van der Waals surface area contributed by atoms with Crippen molar-refractivity contribution in [3.8, 4) is 0 Å². The largest absolute Gasteiger partial charge is 0.388 e. The summed E-state index contributed by atoms with van der Waals surface area (Å²) in [6.07, 6.45) is 1.04. The zero-order valence-electron chi connectivity index (χ0n) is 20.9. The molecule has 0 radical (unpaired) electrons. The topological polar surface area (TPSA) is 42.9 Å². The molecule has 5 nitrogen and oxygen atoms in total. The van der Waals surface area contributed by atoms with Gasteiger partial charge in [-0.25, -0.2) is 0 Å². The number of hydrogen-bond acceptors (Lipinski definition) is 4. The van der Waals surface area contributed by atoms with Gasteiger partial charge in [-0.2, -0.15) is 0 Å². The molecule has 0 unspecified atom stereocenters. The van der Waals surface area contributed by atoms with Crippen LogP contribution < -0.4 is 10.6 Å². The molecule has 0 saturated carbocycles. The second-order valence-corrected chi connectivity index (χ2v) is 8.79. The Morgan fingerprint density at radius 3 is 1.94 bits per heavy atom. The molecule has 5 heteroatoms. The highest BCUT2D eigenvalue weighted by Crippen LogP contribution is 2.15. The van der Waals surface area contributed by atoms with Crippen LogP contribution >= 0.6 is 0 Å². The van der Waals surface area contributed by atoms with Crippen molar-refractivity contribution in [2.75, 3.05) is 52.6 Å². The summed E-state index contributed by atoms with van der Waals surface area (Å²) >= 11 is 0. The average Bonchev–Trinajstić information content (AvgIpc) is 2.86. The van der Waals surface area contributed by atoms with Crippen molar-refractivity contribution in [3.05, 3.63) is 102 Å². The molecule has 0 heterocycles. The second kappa shape index (κ2) is 14.2. The molecule has 3 rings (SSSR count). The van der Waals surface area contributed by atoms with Crippen molar-refractivity contribution in [1.82, 2.24) is 15.1 Å². The first-order valence-electron chi connectivity index (χ1n) is 12.2. The van der Waals surface area contributed by atoms with Crippen molar-refractivity contribution in [2.45, 2.75) is 19.5 Å². The SMILES string of the molecule is CNc1ccccc1C(=NCCCN(C)C)NCCN(Cc1ccccc1)Cc1ccccc1. The van der Waals surface area contributed by atoms with E-state index in [0.717, 1.165) is 62.8 Å². The standard InChI is InChI=1S/C29H39N5/c1-30-28-18-11-10-17-27(28)29(31-19-12-21-33(2)3)32-20-22-34(23-25-13-6-4-7-14-25)24-26-15-8-5-9-16-26/h4-11,13-18,30H,12,19-24H2,1-3H3,(H,31,32). The molecular formula is C29H39N5. The first-order chi connectivity index (χ1) is 16.7. The Hall–Kier alpha value is -3.15. The molecule has 2 N–H and O–H groups in total. The lowest BCUT2D eigenvalue weighted by molar-refractivity contribution is 0.261. The van der Waals surface area contributed by atoms with Crippen LogP contribution in [0.5, 0.6) is 0 Å². The molecule has 0 spiro atoms. The van der Waals surface area contributed by atoms with E-state index in [1.165, 1.54) is 11.1 Å². The van der Waals surface area contributed by atoms with E-state index in [9.17, 15) is 0 Å². The van der Waals surface area contributed by atoms with Crippen molar-refractivity contribution < 1.29 is 0 Å². The van der Waals surface area contributed by atoms with E-state index in [-0.39, 0.29) is 0 Å². The Kier molecular flexibility index (Phi) is 10.6. The maximum Gasteiger partial charge on any atom is 0.130 e. The van der Waals surface area contributed by atoms with Crippen LogP contribution in [0.3, 0.4) is 0 Å². The first kappa shape index (κ1) is 25.5. The van der Waals surface area contributed by atoms with Gasteiger partial charge in [0.25, 0.3) is 0 Å². The average molecular weight is 458 g/mol. The summed E-state index contributed by atoms with van der Waals surface area (Å²) in [6.45, 7) is 5.41. The highest BCUT2D eigenvalue weighted by atomic mass is 15.1. The van der Waals surface area contributed by atoms with Gasteiger partial charge in [-0.1, -0.05) is 72.8 Å². The molecule has 0 aromatic heterocycles. The fourth-order valence-corrected chi connectivity index (χ4v) is 3.95. The van der Waals surface area contributed by atoms with Crippen LogP contribution in [-0.2, 0) is 13.1 Å². The van der Waals surface area contributed by atoms with Crippen molar-refractivity contribution in [2.24, 2.45) is 4.99 Å². The molecule has 3 aromatic rings. The monoisotopic (exact) mass is 457 g/mol. The fourth-order valence-electron chi connectivity index (χ4n) is 3.95. The van der Waals surface area contributed by atoms with Crippen LogP contribution in [0.15, 0.2) is 89.9 Å². The van der Waals surface area contributed by atoms with Crippen LogP contribution in [-0.4, -0.2) is 63.0 Å². The van der Waals surface area contributed by atoms with Gasteiger partial charge in [0.2, 0.25) is 0 Å². The highest BCUT2D eigenvalue weighted by molar-refractivity contribution is 6.03. The predicted molar refractivity (Wildman–Crippen MR) is 146 cm³/mol. The van der Waals surface area contributed by atoms with Crippen LogP contribution in [0, 0.1) is 0 Å². The third-order valence-corrected chi connectivity index (χ3v) is 5.70. The third kappa shape index (κ3) is 8.65. The van der Waals surface area contributed by atoms with E-state index in [4.69, 9.17) is 4.99 Å². The Morgan fingerprint density at radius 2 is 1.35 bits per heavy atom. The van der Waals surface area contributed by atoms with Crippen molar-refractivity contribution in [3.63, 3.8) is 0 Å². The Morgan fingerprint density at radius 1 is 0.765 bits per heavy atom. The van der Waals surface area contributed by atoms with Gasteiger partial charge < -0.3 is 15.5 Å². The van der Waals surface area contributed by atoms with Gasteiger partial charge >= 0.3 is 0 Å². The van der Waals surface area contributed by atoms with Crippen LogP contribution in [0.2, 0.25) is 0 Å². The van der Waals surface area contributed by atoms with E-state index >= 15 is 0 Å². The lowest BCUT2D eigenvalue weighted by Crippen LogP contribution is -2.35. The van der Waals surface area contributed by atoms with E-state index in [1.54, 1.807) is 0 Å². The van der Waals surface area contributed by atoms with Crippen LogP contribution in [0.25, 0.3) is 0 Å². The normalized spacial score (nSPS) is 11.7. The molecule has 0 aliphatic carbocycles. The first-order valence-corrected chi connectivity index (χ1v) is 12.2. The van der Waals surface area contributed by atoms with Gasteiger partial charge in [0.05, 0.1) is 0 Å². The van der Waals surface area contributed by atoms with Gasteiger partial charge in [0.15, 0.2) is 0 Å². The fraction of sp³-hybridized carbons (Fsp3) is 0.345. The highest BCUT2D eigenvalue weighted by Gasteiger charge is 2.11. The molecule has 0 aliphatic rings. The lowest BCUT2D eigenvalue weighted by Gasteiger charge is -2.24. The summed E-state index contributed by atoms with van der Waals surface area (Å²) in [5, 5.41) is 6.97. The van der Waals surface area contributed by atoms with Crippen LogP contribution in [0.4, 0.5) is 5.69 Å². The van der Waals surface area contributed by atoms with Gasteiger partial charge in [0.1, 0.15) is 5.84 Å². The number of hydrogen-bond donors (Lipinski definition) is 2. The van der Waals surface area contributed by atoms with Crippen molar-refractivity contribution in [1.29, 1.82) is 0 Å².